The molecule has 0 bridgehead atoms. The van der Waals surface area contributed by atoms with Gasteiger partial charge in [0.25, 0.3) is 0 Å². The van der Waals surface area contributed by atoms with E-state index in [1.54, 1.807) is 11.3 Å². The lowest BCUT2D eigenvalue weighted by atomic mass is 10.2. The van der Waals surface area contributed by atoms with Crippen LogP contribution in [0.2, 0.25) is 5.02 Å². The van der Waals surface area contributed by atoms with Gasteiger partial charge < -0.3 is 4.90 Å². The van der Waals surface area contributed by atoms with Crippen molar-refractivity contribution in [2.24, 2.45) is 0 Å². The first-order chi connectivity index (χ1) is 10.3. The number of rotatable bonds is 2. The number of nitrogens with zero attached hydrogens (tertiary/aromatic N) is 3. The summed E-state index contributed by atoms with van der Waals surface area (Å²) in [4.78, 5) is 9.08. The fourth-order valence-electron chi connectivity index (χ4n) is 2.26. The van der Waals surface area contributed by atoms with Gasteiger partial charge >= 0.3 is 0 Å². The number of anilines is 1. The number of benzene rings is 1. The normalized spacial score (nSPS) is 15.6. The van der Waals surface area contributed by atoms with Crippen molar-refractivity contribution in [1.29, 1.82) is 0 Å². The zero-order valence-corrected chi connectivity index (χ0v) is 13.2. The number of piperazine rings is 1. The molecule has 21 heavy (non-hydrogen) atoms. The number of thiazole rings is 1. The SMILES string of the molecule is Clc1ccc(C#CCN2CCN(c3nccs3)CC2)cc1. The highest BCUT2D eigenvalue weighted by Gasteiger charge is 2.17. The van der Waals surface area contributed by atoms with Crippen molar-refractivity contribution in [2.45, 2.75) is 0 Å². The van der Waals surface area contributed by atoms with E-state index in [9.17, 15) is 0 Å². The van der Waals surface area contributed by atoms with Crippen LogP contribution in [-0.2, 0) is 0 Å². The van der Waals surface area contributed by atoms with Crippen LogP contribution in [0.15, 0.2) is 35.8 Å². The lowest BCUT2D eigenvalue weighted by Gasteiger charge is -2.33. The molecular formula is C16H16ClN3S. The molecule has 2 heterocycles. The molecule has 0 amide bonds. The Hall–Kier alpha value is -1.54. The lowest BCUT2D eigenvalue weighted by Crippen LogP contribution is -2.46. The smallest absolute Gasteiger partial charge is 0.185 e. The van der Waals surface area contributed by atoms with Crippen molar-refractivity contribution in [3.63, 3.8) is 0 Å². The van der Waals surface area contributed by atoms with Crippen LogP contribution in [0.3, 0.4) is 0 Å². The van der Waals surface area contributed by atoms with Crippen molar-refractivity contribution in [3.8, 4) is 11.8 Å². The van der Waals surface area contributed by atoms with Crippen LogP contribution in [0.25, 0.3) is 0 Å². The maximum atomic E-state index is 5.86. The summed E-state index contributed by atoms with van der Waals surface area (Å²) in [6, 6.07) is 7.65. The molecule has 0 unspecified atom stereocenters. The number of hydrogen-bond donors (Lipinski definition) is 0. The first kappa shape index (κ1) is 14.4. The molecule has 1 aromatic carbocycles. The Morgan fingerprint density at radius 2 is 1.90 bits per heavy atom. The standard InChI is InChI=1S/C16H16ClN3S/c17-15-5-3-14(4-6-15)2-1-8-19-9-11-20(12-10-19)16-18-7-13-21-16/h3-7,13H,8-12H2. The van der Waals surface area contributed by atoms with Crippen molar-refractivity contribution in [2.75, 3.05) is 37.6 Å². The molecule has 0 aliphatic carbocycles. The van der Waals surface area contributed by atoms with Crippen LogP contribution in [0.4, 0.5) is 5.13 Å². The highest BCUT2D eigenvalue weighted by Crippen LogP contribution is 2.18. The summed E-state index contributed by atoms with van der Waals surface area (Å²) in [5, 5.41) is 3.90. The Kier molecular flexibility index (Phi) is 4.76. The molecule has 5 heteroatoms. The van der Waals surface area contributed by atoms with E-state index in [-0.39, 0.29) is 0 Å². The van der Waals surface area contributed by atoms with Crippen LogP contribution >= 0.6 is 22.9 Å². The average Bonchev–Trinajstić information content (AvgIpc) is 3.04. The van der Waals surface area contributed by atoms with Crippen molar-refractivity contribution >= 4 is 28.1 Å². The van der Waals surface area contributed by atoms with Gasteiger partial charge in [0.15, 0.2) is 5.13 Å². The van der Waals surface area contributed by atoms with E-state index in [2.05, 4.69) is 26.6 Å². The third-order valence-corrected chi connectivity index (χ3v) is 4.53. The monoisotopic (exact) mass is 317 g/mol. The van der Waals surface area contributed by atoms with Gasteiger partial charge in [-0.2, -0.15) is 0 Å². The summed E-state index contributed by atoms with van der Waals surface area (Å²) >= 11 is 7.56. The number of halogens is 1. The Balaban J connectivity index is 1.49. The molecule has 1 fully saturated rings. The molecule has 1 aliphatic rings. The van der Waals surface area contributed by atoms with Gasteiger partial charge in [-0.1, -0.05) is 23.4 Å². The first-order valence-corrected chi connectivity index (χ1v) is 8.18. The minimum absolute atomic E-state index is 0.749. The van der Waals surface area contributed by atoms with Gasteiger partial charge in [-0.15, -0.1) is 11.3 Å². The van der Waals surface area contributed by atoms with Gasteiger partial charge in [-0.05, 0) is 24.3 Å². The summed E-state index contributed by atoms with van der Waals surface area (Å²) in [7, 11) is 0. The maximum absolute atomic E-state index is 5.86. The highest BCUT2D eigenvalue weighted by molar-refractivity contribution is 7.13. The molecule has 2 aromatic rings. The molecule has 1 aliphatic heterocycles. The van der Waals surface area contributed by atoms with E-state index in [0.717, 1.165) is 48.4 Å². The summed E-state index contributed by atoms with van der Waals surface area (Å²) in [5.74, 6) is 6.43. The highest BCUT2D eigenvalue weighted by atomic mass is 35.5. The fraction of sp³-hybridized carbons (Fsp3) is 0.312. The third kappa shape index (κ3) is 3.98. The molecule has 108 valence electrons. The van der Waals surface area contributed by atoms with Crippen LogP contribution in [0, 0.1) is 11.8 Å². The number of hydrogen-bond acceptors (Lipinski definition) is 4. The van der Waals surface area contributed by atoms with Crippen LogP contribution < -0.4 is 4.90 Å². The molecule has 0 N–H and O–H groups in total. The minimum atomic E-state index is 0.749. The van der Waals surface area contributed by atoms with E-state index in [4.69, 9.17) is 11.6 Å². The molecule has 0 atom stereocenters. The molecule has 0 spiro atoms. The predicted molar refractivity (Wildman–Crippen MR) is 89.1 cm³/mol. The second-order valence-electron chi connectivity index (χ2n) is 4.89. The molecule has 0 radical (unpaired) electrons. The maximum Gasteiger partial charge on any atom is 0.185 e. The van der Waals surface area contributed by atoms with E-state index < -0.39 is 0 Å². The fourth-order valence-corrected chi connectivity index (χ4v) is 3.08. The van der Waals surface area contributed by atoms with Gasteiger partial charge in [0, 0.05) is 48.3 Å². The van der Waals surface area contributed by atoms with Crippen molar-refractivity contribution in [1.82, 2.24) is 9.88 Å². The number of aromatic nitrogens is 1. The summed E-state index contributed by atoms with van der Waals surface area (Å²) in [5.41, 5.74) is 1.01. The Morgan fingerprint density at radius 3 is 2.57 bits per heavy atom. The van der Waals surface area contributed by atoms with E-state index >= 15 is 0 Å². The van der Waals surface area contributed by atoms with E-state index in [1.807, 2.05) is 35.8 Å². The summed E-state index contributed by atoms with van der Waals surface area (Å²) < 4.78 is 0. The minimum Gasteiger partial charge on any atom is -0.346 e. The van der Waals surface area contributed by atoms with Gasteiger partial charge in [-0.3, -0.25) is 4.90 Å². The Labute approximate surface area is 134 Å². The van der Waals surface area contributed by atoms with Crippen molar-refractivity contribution in [3.05, 3.63) is 46.4 Å². The zero-order valence-electron chi connectivity index (χ0n) is 11.6. The average molecular weight is 318 g/mol. The van der Waals surface area contributed by atoms with E-state index in [1.165, 1.54) is 0 Å². The van der Waals surface area contributed by atoms with Crippen molar-refractivity contribution < 1.29 is 0 Å². The second kappa shape index (κ2) is 6.95. The van der Waals surface area contributed by atoms with Gasteiger partial charge in [0.05, 0.1) is 6.54 Å². The second-order valence-corrected chi connectivity index (χ2v) is 6.20. The van der Waals surface area contributed by atoms with Crippen LogP contribution in [0.1, 0.15) is 5.56 Å². The lowest BCUT2D eigenvalue weighted by molar-refractivity contribution is 0.288. The van der Waals surface area contributed by atoms with Gasteiger partial charge in [0.1, 0.15) is 0 Å². The van der Waals surface area contributed by atoms with E-state index in [0.29, 0.717) is 0 Å². The molecule has 3 rings (SSSR count). The largest absolute Gasteiger partial charge is 0.346 e. The summed E-state index contributed by atoms with van der Waals surface area (Å²) in [6.45, 7) is 4.93. The quantitative estimate of drug-likeness (QED) is 0.794. The summed E-state index contributed by atoms with van der Waals surface area (Å²) in [6.07, 6.45) is 1.87. The third-order valence-electron chi connectivity index (χ3n) is 3.44. The van der Waals surface area contributed by atoms with Crippen LogP contribution in [0.5, 0.6) is 0 Å². The molecular weight excluding hydrogens is 302 g/mol. The van der Waals surface area contributed by atoms with Crippen LogP contribution in [-0.4, -0.2) is 42.6 Å². The first-order valence-electron chi connectivity index (χ1n) is 6.92. The molecule has 3 nitrogen and oxygen atoms in total. The Morgan fingerprint density at radius 1 is 1.14 bits per heavy atom. The Bertz CT molecular complexity index is 620. The van der Waals surface area contributed by atoms with Gasteiger partial charge in [0.2, 0.25) is 0 Å². The predicted octanol–water partition coefficient (Wildman–Crippen LogP) is 2.97. The molecule has 0 saturated carbocycles. The molecule has 1 aromatic heterocycles. The van der Waals surface area contributed by atoms with Gasteiger partial charge in [-0.25, -0.2) is 4.98 Å². The zero-order chi connectivity index (χ0) is 14.5. The molecule has 1 saturated heterocycles. The topological polar surface area (TPSA) is 19.4 Å².